The maximum absolute atomic E-state index is 11.8. The first-order valence-corrected chi connectivity index (χ1v) is 7.74. The average molecular weight is 355 g/mol. The van der Waals surface area contributed by atoms with Crippen molar-refractivity contribution in [2.24, 2.45) is 11.7 Å². The Morgan fingerprint density at radius 3 is 2.52 bits per heavy atom. The van der Waals surface area contributed by atoms with Crippen LogP contribution < -0.4 is 11.1 Å². The first-order chi connectivity index (χ1) is 9.84. The fourth-order valence-corrected chi connectivity index (χ4v) is 3.10. The molecule has 2 rings (SSSR count). The number of primary amides is 1. The number of nitrogens with two attached hydrogens (primary N) is 1. The standard InChI is InChI=1S/C15H19BrN2O3/c1-9-4-6-15(7-5-9,14(20)21)18-12-8-10(16)2-3-11(12)13(17)19/h2-3,8-9,18H,4-7H2,1H3,(H2,17,19)(H,20,21). The van der Waals surface area contributed by atoms with Crippen LogP contribution in [0.1, 0.15) is 43.0 Å². The fraction of sp³-hybridized carbons (Fsp3) is 0.467. The minimum Gasteiger partial charge on any atom is -0.480 e. The van der Waals surface area contributed by atoms with Crippen molar-refractivity contribution < 1.29 is 14.7 Å². The number of hydrogen-bond donors (Lipinski definition) is 3. The number of rotatable bonds is 4. The van der Waals surface area contributed by atoms with E-state index in [1.807, 2.05) is 0 Å². The van der Waals surface area contributed by atoms with Crippen molar-refractivity contribution in [2.75, 3.05) is 5.32 Å². The average Bonchev–Trinajstić information content (AvgIpc) is 2.41. The van der Waals surface area contributed by atoms with Crippen molar-refractivity contribution in [3.8, 4) is 0 Å². The normalized spacial score (nSPS) is 25.3. The van der Waals surface area contributed by atoms with E-state index < -0.39 is 17.4 Å². The zero-order chi connectivity index (χ0) is 15.6. The van der Waals surface area contributed by atoms with Crippen molar-refractivity contribution in [3.05, 3.63) is 28.2 Å². The summed E-state index contributed by atoms with van der Waals surface area (Å²) < 4.78 is 0.764. The monoisotopic (exact) mass is 354 g/mol. The summed E-state index contributed by atoms with van der Waals surface area (Å²) in [5, 5.41) is 12.7. The molecule has 1 aliphatic carbocycles. The number of hydrogen-bond acceptors (Lipinski definition) is 3. The largest absolute Gasteiger partial charge is 0.480 e. The van der Waals surface area contributed by atoms with E-state index in [2.05, 4.69) is 28.2 Å². The summed E-state index contributed by atoms with van der Waals surface area (Å²) in [6, 6.07) is 5.00. The molecule has 1 amide bonds. The molecule has 21 heavy (non-hydrogen) atoms. The molecule has 1 fully saturated rings. The third-order valence-corrected chi connectivity index (χ3v) is 4.65. The molecular formula is C15H19BrN2O3. The molecule has 6 heteroatoms. The van der Waals surface area contributed by atoms with Crippen LogP contribution in [0, 0.1) is 5.92 Å². The van der Waals surface area contributed by atoms with Crippen LogP contribution in [-0.4, -0.2) is 22.5 Å². The van der Waals surface area contributed by atoms with Crippen molar-refractivity contribution in [1.82, 2.24) is 0 Å². The second-order valence-corrected chi connectivity index (χ2v) is 6.66. The number of carbonyl (C=O) groups excluding carboxylic acids is 1. The van der Waals surface area contributed by atoms with Crippen molar-refractivity contribution in [2.45, 2.75) is 38.1 Å². The van der Waals surface area contributed by atoms with Crippen LogP contribution in [0.25, 0.3) is 0 Å². The van der Waals surface area contributed by atoms with Crippen molar-refractivity contribution in [3.63, 3.8) is 0 Å². The molecule has 0 unspecified atom stereocenters. The molecule has 0 heterocycles. The molecule has 0 radical (unpaired) electrons. The number of carboxylic acid groups (broad SMARTS) is 1. The molecule has 114 valence electrons. The highest BCUT2D eigenvalue weighted by atomic mass is 79.9. The van der Waals surface area contributed by atoms with E-state index in [4.69, 9.17) is 5.73 Å². The molecule has 0 aromatic heterocycles. The van der Waals surface area contributed by atoms with Gasteiger partial charge in [0.25, 0.3) is 5.91 Å². The number of anilines is 1. The molecule has 1 aliphatic rings. The van der Waals surface area contributed by atoms with Crippen LogP contribution in [0.2, 0.25) is 0 Å². The molecule has 0 saturated heterocycles. The third kappa shape index (κ3) is 3.37. The Morgan fingerprint density at radius 1 is 1.38 bits per heavy atom. The maximum atomic E-state index is 11.8. The van der Waals surface area contributed by atoms with Gasteiger partial charge in [0.1, 0.15) is 5.54 Å². The Labute approximate surface area is 132 Å². The molecule has 1 aromatic rings. The van der Waals surface area contributed by atoms with Gasteiger partial charge in [0.15, 0.2) is 0 Å². The lowest BCUT2D eigenvalue weighted by Crippen LogP contribution is -2.49. The summed E-state index contributed by atoms with van der Waals surface area (Å²) >= 11 is 3.33. The van der Waals surface area contributed by atoms with E-state index in [0.29, 0.717) is 30.0 Å². The SMILES string of the molecule is CC1CCC(Nc2cc(Br)ccc2C(N)=O)(C(=O)O)CC1. The number of nitrogens with one attached hydrogen (secondary N) is 1. The summed E-state index contributed by atoms with van der Waals surface area (Å²) in [5.74, 6) is -0.933. The molecular weight excluding hydrogens is 336 g/mol. The van der Waals surface area contributed by atoms with E-state index in [-0.39, 0.29) is 0 Å². The van der Waals surface area contributed by atoms with Gasteiger partial charge in [0.2, 0.25) is 0 Å². The minimum absolute atomic E-state index is 0.303. The lowest BCUT2D eigenvalue weighted by atomic mass is 9.77. The van der Waals surface area contributed by atoms with Crippen LogP contribution in [0.3, 0.4) is 0 Å². The number of benzene rings is 1. The van der Waals surface area contributed by atoms with Gasteiger partial charge in [0.05, 0.1) is 5.56 Å². The topological polar surface area (TPSA) is 92.4 Å². The fourth-order valence-electron chi connectivity index (χ4n) is 2.74. The van der Waals surface area contributed by atoms with E-state index in [9.17, 15) is 14.7 Å². The summed E-state index contributed by atoms with van der Waals surface area (Å²) in [6.07, 6.45) is 2.76. The van der Waals surface area contributed by atoms with Crippen LogP contribution in [0.4, 0.5) is 5.69 Å². The molecule has 0 aliphatic heterocycles. The zero-order valence-corrected chi connectivity index (χ0v) is 13.4. The number of aliphatic carboxylic acids is 1. The molecule has 0 spiro atoms. The zero-order valence-electron chi connectivity index (χ0n) is 11.9. The summed E-state index contributed by atoms with van der Waals surface area (Å²) in [5.41, 5.74) is 5.11. The van der Waals surface area contributed by atoms with Crippen molar-refractivity contribution in [1.29, 1.82) is 0 Å². The molecule has 1 aromatic carbocycles. The Morgan fingerprint density at radius 2 is 2.00 bits per heavy atom. The number of carboxylic acids is 1. The Bertz CT molecular complexity index is 566. The van der Waals surface area contributed by atoms with Gasteiger partial charge in [-0.25, -0.2) is 4.79 Å². The van der Waals surface area contributed by atoms with Gasteiger partial charge >= 0.3 is 5.97 Å². The number of amides is 1. The van der Waals surface area contributed by atoms with E-state index >= 15 is 0 Å². The molecule has 4 N–H and O–H groups in total. The third-order valence-electron chi connectivity index (χ3n) is 4.16. The predicted octanol–water partition coefficient (Wildman–Crippen LogP) is 2.99. The molecule has 0 atom stereocenters. The van der Waals surface area contributed by atoms with Gasteiger partial charge < -0.3 is 16.2 Å². The first-order valence-electron chi connectivity index (χ1n) is 6.95. The number of halogens is 1. The van der Waals surface area contributed by atoms with E-state index in [1.165, 1.54) is 0 Å². The van der Waals surface area contributed by atoms with E-state index in [0.717, 1.165) is 17.3 Å². The Kier molecular flexibility index (Phi) is 4.56. The van der Waals surface area contributed by atoms with Gasteiger partial charge in [0, 0.05) is 10.2 Å². The Balaban J connectivity index is 2.36. The highest BCUT2D eigenvalue weighted by Gasteiger charge is 2.41. The lowest BCUT2D eigenvalue weighted by molar-refractivity contribution is -0.143. The summed E-state index contributed by atoms with van der Waals surface area (Å²) in [4.78, 5) is 23.3. The smallest absolute Gasteiger partial charge is 0.329 e. The summed E-state index contributed by atoms with van der Waals surface area (Å²) in [7, 11) is 0. The minimum atomic E-state index is -1.03. The quantitative estimate of drug-likeness (QED) is 0.774. The van der Waals surface area contributed by atoms with Crippen molar-refractivity contribution >= 4 is 33.5 Å². The van der Waals surface area contributed by atoms with E-state index in [1.54, 1.807) is 18.2 Å². The van der Waals surface area contributed by atoms with Crippen LogP contribution in [-0.2, 0) is 4.79 Å². The van der Waals surface area contributed by atoms with Gasteiger partial charge in [-0.15, -0.1) is 0 Å². The van der Waals surface area contributed by atoms with Gasteiger partial charge in [-0.3, -0.25) is 4.79 Å². The van der Waals surface area contributed by atoms with Gasteiger partial charge in [-0.1, -0.05) is 22.9 Å². The maximum Gasteiger partial charge on any atom is 0.329 e. The second-order valence-electron chi connectivity index (χ2n) is 5.75. The lowest BCUT2D eigenvalue weighted by Gasteiger charge is -2.37. The number of carbonyl (C=O) groups is 2. The molecule has 1 saturated carbocycles. The first kappa shape index (κ1) is 15.8. The van der Waals surface area contributed by atoms with Gasteiger partial charge in [-0.2, -0.15) is 0 Å². The molecule has 0 bridgehead atoms. The summed E-state index contributed by atoms with van der Waals surface area (Å²) in [6.45, 7) is 2.12. The van der Waals surface area contributed by atoms with Crippen LogP contribution in [0.15, 0.2) is 22.7 Å². The molecule has 5 nitrogen and oxygen atoms in total. The van der Waals surface area contributed by atoms with Gasteiger partial charge in [-0.05, 0) is 49.8 Å². The van der Waals surface area contributed by atoms with Crippen LogP contribution >= 0.6 is 15.9 Å². The second kappa shape index (κ2) is 6.05. The Hall–Kier alpha value is -1.56. The predicted molar refractivity (Wildman–Crippen MR) is 84.3 cm³/mol. The highest BCUT2D eigenvalue weighted by Crippen LogP contribution is 2.36. The highest BCUT2D eigenvalue weighted by molar-refractivity contribution is 9.10. The van der Waals surface area contributed by atoms with Crippen LogP contribution in [0.5, 0.6) is 0 Å².